The fourth-order valence-electron chi connectivity index (χ4n) is 1.97. The first-order valence-corrected chi connectivity index (χ1v) is 7.16. The second-order valence-electron chi connectivity index (χ2n) is 4.04. The van der Waals surface area contributed by atoms with Gasteiger partial charge in [0.05, 0.1) is 15.4 Å². The lowest BCUT2D eigenvalue weighted by atomic mass is 10.0. The molecule has 2 aromatic heterocycles. The summed E-state index contributed by atoms with van der Waals surface area (Å²) in [4.78, 5) is 15.4. The lowest BCUT2D eigenvalue weighted by molar-refractivity contribution is 0.104. The Morgan fingerprint density at radius 1 is 1.37 bits per heavy atom. The first kappa shape index (κ1) is 12.2. The quantitative estimate of drug-likeness (QED) is 0.719. The lowest BCUT2D eigenvalue weighted by Gasteiger charge is -1.96. The van der Waals surface area contributed by atoms with Gasteiger partial charge in [-0.05, 0) is 34.1 Å². The number of benzene rings is 1. The van der Waals surface area contributed by atoms with Gasteiger partial charge in [-0.1, -0.05) is 6.07 Å². The van der Waals surface area contributed by atoms with Crippen molar-refractivity contribution in [2.75, 3.05) is 0 Å². The second kappa shape index (κ2) is 4.65. The van der Waals surface area contributed by atoms with E-state index in [1.54, 1.807) is 24.4 Å². The molecule has 3 aromatic rings. The molecule has 0 saturated heterocycles. The minimum Gasteiger partial charge on any atom is -0.360 e. The lowest BCUT2D eigenvalue weighted by Crippen LogP contribution is -1.97. The van der Waals surface area contributed by atoms with E-state index in [1.165, 1.54) is 11.3 Å². The van der Waals surface area contributed by atoms with E-state index < -0.39 is 0 Å². The summed E-state index contributed by atoms with van der Waals surface area (Å²) in [7, 11) is 0. The highest BCUT2D eigenvalue weighted by Crippen LogP contribution is 2.26. The Bertz CT molecular complexity index is 825. The number of fused-ring (bicyclic) bond motifs is 1. The van der Waals surface area contributed by atoms with Gasteiger partial charge in [0.1, 0.15) is 0 Å². The first-order chi connectivity index (χ1) is 9.19. The number of carbonyl (C=O) groups excluding carboxylic acids is 1. The molecule has 19 heavy (non-hydrogen) atoms. The minimum atomic E-state index is -0.0158. The van der Waals surface area contributed by atoms with Crippen molar-refractivity contribution in [2.24, 2.45) is 0 Å². The third-order valence-electron chi connectivity index (χ3n) is 2.89. The van der Waals surface area contributed by atoms with E-state index in [2.05, 4.69) is 27.0 Å². The molecule has 92 valence electrons. The van der Waals surface area contributed by atoms with Gasteiger partial charge >= 0.3 is 0 Å². The number of rotatable bonds is 2. The molecule has 0 radical (unpaired) electrons. The van der Waals surface area contributed by atoms with Crippen LogP contribution in [0.25, 0.3) is 10.9 Å². The normalized spacial score (nSPS) is 10.5. The summed E-state index contributed by atoms with van der Waals surface area (Å²) in [5, 5.41) is 11.5. The topological polar surface area (TPSA) is 56.6 Å². The largest absolute Gasteiger partial charge is 0.360 e. The van der Waals surface area contributed by atoms with E-state index in [-0.39, 0.29) is 5.78 Å². The molecule has 0 spiro atoms. The average molecular weight is 331 g/mol. The Balaban J connectivity index is 2.11. The number of H-pyrrole nitrogens is 1. The van der Waals surface area contributed by atoms with Crippen LogP contribution >= 0.6 is 27.3 Å². The zero-order valence-corrected chi connectivity index (χ0v) is 12.0. The highest BCUT2D eigenvalue weighted by atomic mass is 79.9. The molecule has 1 aromatic carbocycles. The number of thiophene rings is 1. The average Bonchev–Trinajstić information content (AvgIpc) is 3.03. The first-order valence-electron chi connectivity index (χ1n) is 5.49. The van der Waals surface area contributed by atoms with E-state index >= 15 is 0 Å². The van der Waals surface area contributed by atoms with Crippen LogP contribution in [-0.4, -0.2) is 10.8 Å². The smallest absolute Gasteiger partial charge is 0.196 e. The second-order valence-corrected chi connectivity index (χ2v) is 6.33. The van der Waals surface area contributed by atoms with E-state index in [9.17, 15) is 4.79 Å². The van der Waals surface area contributed by atoms with Crippen LogP contribution in [0.2, 0.25) is 0 Å². The van der Waals surface area contributed by atoms with Crippen molar-refractivity contribution in [2.45, 2.75) is 0 Å². The van der Waals surface area contributed by atoms with Crippen LogP contribution < -0.4 is 0 Å². The van der Waals surface area contributed by atoms with E-state index in [1.807, 2.05) is 11.4 Å². The molecule has 0 atom stereocenters. The molecule has 0 aliphatic carbocycles. The molecule has 0 fully saturated rings. The van der Waals surface area contributed by atoms with Crippen LogP contribution in [0.1, 0.15) is 21.5 Å². The van der Waals surface area contributed by atoms with Crippen molar-refractivity contribution in [3.05, 3.63) is 56.3 Å². The van der Waals surface area contributed by atoms with Gasteiger partial charge in [0.25, 0.3) is 0 Å². The summed E-state index contributed by atoms with van der Waals surface area (Å²) in [5.74, 6) is -0.0158. The molecular weight excluding hydrogens is 324 g/mol. The van der Waals surface area contributed by atoms with Crippen molar-refractivity contribution in [1.82, 2.24) is 4.98 Å². The highest BCUT2D eigenvalue weighted by Gasteiger charge is 2.15. The van der Waals surface area contributed by atoms with Crippen LogP contribution in [-0.2, 0) is 0 Å². The van der Waals surface area contributed by atoms with E-state index in [0.29, 0.717) is 16.7 Å². The fraction of sp³-hybridized carbons (Fsp3) is 0. The molecule has 0 aliphatic rings. The molecule has 0 amide bonds. The van der Waals surface area contributed by atoms with Crippen molar-refractivity contribution in [3.63, 3.8) is 0 Å². The molecule has 2 heterocycles. The number of aromatic nitrogens is 1. The Morgan fingerprint density at radius 2 is 2.21 bits per heavy atom. The van der Waals surface area contributed by atoms with E-state index in [0.717, 1.165) is 14.7 Å². The van der Waals surface area contributed by atoms with Gasteiger partial charge in [-0.25, -0.2) is 0 Å². The summed E-state index contributed by atoms with van der Waals surface area (Å²) in [6, 6.07) is 9.17. The molecule has 3 rings (SSSR count). The maximum Gasteiger partial charge on any atom is 0.196 e. The zero-order chi connectivity index (χ0) is 13.4. The number of nitriles is 1. The molecule has 1 N–H and O–H groups in total. The van der Waals surface area contributed by atoms with Gasteiger partial charge in [0.15, 0.2) is 5.78 Å². The van der Waals surface area contributed by atoms with Crippen LogP contribution in [0.5, 0.6) is 0 Å². The number of aromatic amines is 1. The van der Waals surface area contributed by atoms with Crippen LogP contribution in [0.3, 0.4) is 0 Å². The number of carbonyl (C=O) groups is 1. The SMILES string of the molecule is N#Cc1ccc2c(C(=O)c3csc(Br)c3)c[nH]c2c1. The summed E-state index contributed by atoms with van der Waals surface area (Å²) in [6.45, 7) is 0. The molecule has 0 aliphatic heterocycles. The van der Waals surface area contributed by atoms with Crippen molar-refractivity contribution < 1.29 is 4.79 Å². The number of nitrogens with zero attached hydrogens (tertiary/aromatic N) is 1. The number of hydrogen-bond acceptors (Lipinski definition) is 3. The maximum absolute atomic E-state index is 12.4. The fourth-order valence-corrected chi connectivity index (χ4v) is 3.10. The molecule has 3 nitrogen and oxygen atoms in total. The Labute approximate surface area is 121 Å². The minimum absolute atomic E-state index is 0.0158. The Morgan fingerprint density at radius 3 is 2.89 bits per heavy atom. The number of nitrogens with one attached hydrogen (secondary N) is 1. The van der Waals surface area contributed by atoms with Gasteiger partial charge < -0.3 is 4.98 Å². The summed E-state index contributed by atoms with van der Waals surface area (Å²) < 4.78 is 0.933. The summed E-state index contributed by atoms with van der Waals surface area (Å²) in [5.41, 5.74) is 2.68. The predicted molar refractivity (Wildman–Crippen MR) is 78.5 cm³/mol. The summed E-state index contributed by atoms with van der Waals surface area (Å²) in [6.07, 6.45) is 1.69. The van der Waals surface area contributed by atoms with Gasteiger partial charge in [0.2, 0.25) is 0 Å². The Hall–Kier alpha value is -1.90. The number of halogens is 1. The number of hydrogen-bond donors (Lipinski definition) is 1. The number of ketones is 1. The molecule has 0 unspecified atom stereocenters. The van der Waals surface area contributed by atoms with Gasteiger partial charge in [-0.2, -0.15) is 5.26 Å². The summed E-state index contributed by atoms with van der Waals surface area (Å²) >= 11 is 4.84. The zero-order valence-electron chi connectivity index (χ0n) is 9.61. The Kier molecular flexibility index (Phi) is 2.97. The van der Waals surface area contributed by atoms with Crippen LogP contribution in [0.15, 0.2) is 39.6 Å². The predicted octanol–water partition coefficient (Wildman–Crippen LogP) is 4.09. The molecule has 5 heteroatoms. The molecular formula is C14H7BrN2OS. The molecule has 0 bridgehead atoms. The van der Waals surface area contributed by atoms with Crippen LogP contribution in [0.4, 0.5) is 0 Å². The van der Waals surface area contributed by atoms with Crippen molar-refractivity contribution in [1.29, 1.82) is 5.26 Å². The van der Waals surface area contributed by atoms with Crippen LogP contribution in [0, 0.1) is 11.3 Å². The standard InChI is InChI=1S/C14H7BrN2OS/c15-13-4-9(7-19-13)14(18)11-6-17-12-3-8(5-16)1-2-10(11)12/h1-4,6-7,17H. The van der Waals surface area contributed by atoms with Crippen molar-refractivity contribution >= 4 is 44.0 Å². The maximum atomic E-state index is 12.4. The highest BCUT2D eigenvalue weighted by molar-refractivity contribution is 9.11. The van der Waals surface area contributed by atoms with E-state index in [4.69, 9.17) is 5.26 Å². The third-order valence-corrected chi connectivity index (χ3v) is 4.39. The third kappa shape index (κ3) is 2.09. The van der Waals surface area contributed by atoms with Crippen molar-refractivity contribution in [3.8, 4) is 6.07 Å². The van der Waals surface area contributed by atoms with Gasteiger partial charge in [-0.15, -0.1) is 11.3 Å². The monoisotopic (exact) mass is 330 g/mol. The van der Waals surface area contributed by atoms with Gasteiger partial charge in [0, 0.05) is 33.6 Å². The molecule has 0 saturated carbocycles. The van der Waals surface area contributed by atoms with Gasteiger partial charge in [-0.3, -0.25) is 4.79 Å².